The van der Waals surface area contributed by atoms with Crippen LogP contribution in [0.2, 0.25) is 0 Å². The van der Waals surface area contributed by atoms with Crippen molar-refractivity contribution in [1.82, 2.24) is 5.32 Å². The first-order chi connectivity index (χ1) is 6.27. The molecule has 5 heteroatoms. The molecule has 0 aliphatic rings. The SMILES string of the molecule is O=C(O)CCCNCCOCCO. The molecule has 0 rings (SSSR count). The van der Waals surface area contributed by atoms with Crippen LogP contribution in [0.25, 0.3) is 0 Å². The van der Waals surface area contributed by atoms with Gasteiger partial charge in [-0.1, -0.05) is 0 Å². The van der Waals surface area contributed by atoms with E-state index >= 15 is 0 Å². The molecule has 0 amide bonds. The average Bonchev–Trinajstić information content (AvgIpc) is 2.09. The van der Waals surface area contributed by atoms with Crippen molar-refractivity contribution < 1.29 is 19.7 Å². The molecule has 78 valence electrons. The third-order valence-electron chi connectivity index (χ3n) is 1.40. The summed E-state index contributed by atoms with van der Waals surface area (Å²) in [4.78, 5) is 10.1. The Kier molecular flexibility index (Phi) is 8.97. The normalized spacial score (nSPS) is 10.2. The lowest BCUT2D eigenvalue weighted by molar-refractivity contribution is -0.137. The Bertz CT molecular complexity index is 129. The molecule has 0 saturated carbocycles. The summed E-state index contributed by atoms with van der Waals surface area (Å²) in [6.07, 6.45) is 0.833. The molecule has 0 aromatic rings. The van der Waals surface area contributed by atoms with Crippen LogP contribution in [0.4, 0.5) is 0 Å². The number of rotatable bonds is 9. The van der Waals surface area contributed by atoms with Gasteiger partial charge in [0.1, 0.15) is 0 Å². The minimum atomic E-state index is -0.765. The number of aliphatic carboxylic acids is 1. The van der Waals surface area contributed by atoms with Gasteiger partial charge in [-0.15, -0.1) is 0 Å². The highest BCUT2D eigenvalue weighted by Crippen LogP contribution is 1.85. The fourth-order valence-electron chi connectivity index (χ4n) is 0.801. The van der Waals surface area contributed by atoms with Crippen LogP contribution in [0.15, 0.2) is 0 Å². The first-order valence-electron chi connectivity index (χ1n) is 4.38. The molecule has 0 bridgehead atoms. The highest BCUT2D eigenvalue weighted by molar-refractivity contribution is 5.66. The third-order valence-corrected chi connectivity index (χ3v) is 1.40. The summed E-state index contributed by atoms with van der Waals surface area (Å²) < 4.78 is 4.98. The van der Waals surface area contributed by atoms with Gasteiger partial charge in [0.25, 0.3) is 0 Å². The number of carbonyl (C=O) groups is 1. The zero-order valence-electron chi connectivity index (χ0n) is 7.66. The molecule has 3 N–H and O–H groups in total. The van der Waals surface area contributed by atoms with E-state index in [-0.39, 0.29) is 13.0 Å². The summed E-state index contributed by atoms with van der Waals surface area (Å²) in [6.45, 7) is 2.33. The maximum absolute atomic E-state index is 10.1. The van der Waals surface area contributed by atoms with E-state index in [0.717, 1.165) is 0 Å². The van der Waals surface area contributed by atoms with Crippen LogP contribution in [0, 0.1) is 0 Å². The van der Waals surface area contributed by atoms with E-state index in [4.69, 9.17) is 14.9 Å². The van der Waals surface area contributed by atoms with E-state index < -0.39 is 5.97 Å². The fraction of sp³-hybridized carbons (Fsp3) is 0.875. The molecule has 0 aliphatic heterocycles. The van der Waals surface area contributed by atoms with E-state index in [1.165, 1.54) is 0 Å². The second kappa shape index (κ2) is 9.44. The molecule has 0 radical (unpaired) electrons. The number of ether oxygens (including phenoxy) is 1. The van der Waals surface area contributed by atoms with Gasteiger partial charge in [0.05, 0.1) is 19.8 Å². The van der Waals surface area contributed by atoms with Crippen LogP contribution in [0.3, 0.4) is 0 Å². The maximum Gasteiger partial charge on any atom is 0.303 e. The molecule has 0 heterocycles. The van der Waals surface area contributed by atoms with Crippen molar-refractivity contribution in [2.24, 2.45) is 0 Å². The van der Waals surface area contributed by atoms with Crippen LogP contribution in [-0.2, 0) is 9.53 Å². The maximum atomic E-state index is 10.1. The van der Waals surface area contributed by atoms with Crippen LogP contribution < -0.4 is 5.32 Å². The molecular weight excluding hydrogens is 174 g/mol. The summed E-state index contributed by atoms with van der Waals surface area (Å²) >= 11 is 0. The Balaban J connectivity index is 2.87. The molecule has 0 unspecified atom stereocenters. The number of carboxylic acid groups (broad SMARTS) is 1. The summed E-state index contributed by atoms with van der Waals surface area (Å²) in [6, 6.07) is 0. The topological polar surface area (TPSA) is 78.8 Å². The van der Waals surface area contributed by atoms with E-state index in [2.05, 4.69) is 5.32 Å². The van der Waals surface area contributed by atoms with E-state index in [1.54, 1.807) is 0 Å². The number of carboxylic acids is 1. The fourth-order valence-corrected chi connectivity index (χ4v) is 0.801. The van der Waals surface area contributed by atoms with Crippen molar-refractivity contribution in [1.29, 1.82) is 0 Å². The monoisotopic (exact) mass is 191 g/mol. The van der Waals surface area contributed by atoms with Gasteiger partial charge in [-0.3, -0.25) is 4.79 Å². The van der Waals surface area contributed by atoms with Gasteiger partial charge in [-0.05, 0) is 13.0 Å². The Morgan fingerprint density at radius 2 is 2.08 bits per heavy atom. The van der Waals surface area contributed by atoms with E-state index in [9.17, 15) is 4.79 Å². The molecule has 0 aromatic heterocycles. The zero-order chi connectivity index (χ0) is 9.94. The molecule has 0 spiro atoms. The van der Waals surface area contributed by atoms with Crippen LogP contribution in [-0.4, -0.2) is 49.1 Å². The van der Waals surface area contributed by atoms with Gasteiger partial charge in [0.2, 0.25) is 0 Å². The highest BCUT2D eigenvalue weighted by atomic mass is 16.5. The third kappa shape index (κ3) is 11.3. The Hall–Kier alpha value is -0.650. The Labute approximate surface area is 77.7 Å². The van der Waals surface area contributed by atoms with Crippen LogP contribution in [0.1, 0.15) is 12.8 Å². The lowest BCUT2D eigenvalue weighted by atomic mass is 10.3. The van der Waals surface area contributed by atoms with Gasteiger partial charge < -0.3 is 20.3 Å². The summed E-state index contributed by atoms with van der Waals surface area (Å²) in [5, 5.41) is 19.7. The number of nitrogens with one attached hydrogen (secondary N) is 1. The van der Waals surface area contributed by atoms with Crippen molar-refractivity contribution in [3.63, 3.8) is 0 Å². The molecule has 0 aliphatic carbocycles. The number of hydrogen-bond donors (Lipinski definition) is 3. The van der Waals surface area contributed by atoms with Crippen molar-refractivity contribution in [3.05, 3.63) is 0 Å². The van der Waals surface area contributed by atoms with Gasteiger partial charge in [-0.25, -0.2) is 0 Å². The van der Waals surface area contributed by atoms with E-state index in [0.29, 0.717) is 32.7 Å². The minimum Gasteiger partial charge on any atom is -0.481 e. The molecule has 0 aromatic carbocycles. The predicted octanol–water partition coefficient (Wildman–Crippen LogP) is -0.550. The van der Waals surface area contributed by atoms with Gasteiger partial charge in [0, 0.05) is 13.0 Å². The van der Waals surface area contributed by atoms with Gasteiger partial charge in [0.15, 0.2) is 0 Å². The molecule has 0 atom stereocenters. The van der Waals surface area contributed by atoms with Crippen molar-refractivity contribution >= 4 is 5.97 Å². The minimum absolute atomic E-state index is 0.0407. The largest absolute Gasteiger partial charge is 0.481 e. The number of aliphatic hydroxyl groups excluding tert-OH is 1. The second-order valence-electron chi connectivity index (χ2n) is 2.58. The molecule has 5 nitrogen and oxygen atoms in total. The van der Waals surface area contributed by atoms with Gasteiger partial charge in [-0.2, -0.15) is 0 Å². The number of aliphatic hydroxyl groups is 1. The lowest BCUT2D eigenvalue weighted by Gasteiger charge is -2.03. The highest BCUT2D eigenvalue weighted by Gasteiger charge is 1.95. The standard InChI is InChI=1S/C8H17NO4/c10-5-7-13-6-4-9-3-1-2-8(11)12/h9-10H,1-7H2,(H,11,12). The lowest BCUT2D eigenvalue weighted by Crippen LogP contribution is -2.22. The first-order valence-corrected chi connectivity index (χ1v) is 4.38. The number of hydrogen-bond acceptors (Lipinski definition) is 4. The van der Waals surface area contributed by atoms with Crippen LogP contribution >= 0.6 is 0 Å². The summed E-state index contributed by atoms with van der Waals surface area (Å²) in [5.41, 5.74) is 0. The van der Waals surface area contributed by atoms with Crippen molar-refractivity contribution in [2.75, 3.05) is 32.9 Å². The Morgan fingerprint density at radius 3 is 2.69 bits per heavy atom. The quantitative estimate of drug-likeness (QED) is 0.426. The summed E-state index contributed by atoms with van der Waals surface area (Å²) in [7, 11) is 0. The van der Waals surface area contributed by atoms with Gasteiger partial charge >= 0.3 is 5.97 Å². The van der Waals surface area contributed by atoms with Crippen molar-refractivity contribution in [3.8, 4) is 0 Å². The first kappa shape index (κ1) is 12.3. The zero-order valence-corrected chi connectivity index (χ0v) is 7.66. The van der Waals surface area contributed by atoms with Crippen LogP contribution in [0.5, 0.6) is 0 Å². The molecule has 0 saturated heterocycles. The average molecular weight is 191 g/mol. The molecule has 13 heavy (non-hydrogen) atoms. The second-order valence-corrected chi connectivity index (χ2v) is 2.58. The van der Waals surface area contributed by atoms with Crippen molar-refractivity contribution in [2.45, 2.75) is 12.8 Å². The molecule has 0 fully saturated rings. The Morgan fingerprint density at radius 1 is 1.31 bits per heavy atom. The van der Waals surface area contributed by atoms with E-state index in [1.807, 2.05) is 0 Å². The predicted molar refractivity (Wildman–Crippen MR) is 47.6 cm³/mol. The molecular formula is C8H17NO4. The summed E-state index contributed by atoms with van der Waals surface area (Å²) in [5.74, 6) is -0.765. The smallest absolute Gasteiger partial charge is 0.303 e.